The van der Waals surface area contributed by atoms with Gasteiger partial charge in [0.15, 0.2) is 17.2 Å². The number of nitrogens with zero attached hydrogens (tertiary/aromatic N) is 4. The van der Waals surface area contributed by atoms with Gasteiger partial charge in [-0.1, -0.05) is 12.1 Å². The molecule has 0 bridgehead atoms. The average Bonchev–Trinajstić information content (AvgIpc) is 3.34. The van der Waals surface area contributed by atoms with E-state index < -0.39 is 20.2 Å². The zero-order valence-electron chi connectivity index (χ0n) is 22.2. The monoisotopic (exact) mass is 601 g/mol. The number of hydrogen-bond acceptors (Lipinski definition) is 9. The second kappa shape index (κ2) is 12.9. The molecule has 40 heavy (non-hydrogen) atoms. The number of piperidine rings is 1. The summed E-state index contributed by atoms with van der Waals surface area (Å²) in [5.41, 5.74) is 3.47. The number of hydrogen-bond donors (Lipinski definition) is 3. The topological polar surface area (TPSA) is 180 Å². The maximum Gasteiger partial charge on any atom is 0.261 e. The van der Waals surface area contributed by atoms with Crippen LogP contribution in [0.2, 0.25) is 0 Å². The van der Waals surface area contributed by atoms with Crippen molar-refractivity contribution in [3.8, 4) is 5.75 Å². The Labute approximate surface area is 231 Å². The molecule has 2 aliphatic rings. The number of amides is 1. The second-order valence-corrected chi connectivity index (χ2v) is 12.3. The summed E-state index contributed by atoms with van der Waals surface area (Å²) in [7, 11) is -7.33. The van der Waals surface area contributed by atoms with Crippen molar-refractivity contribution < 1.29 is 39.9 Å². The first kappa shape index (κ1) is 31.2. The van der Waals surface area contributed by atoms with E-state index in [9.17, 15) is 26.0 Å². The number of halogens is 1. The molecule has 0 atom stereocenters. The minimum atomic E-state index is -3.67. The molecule has 0 aliphatic carbocycles. The number of likely N-dealkylation sites (tertiary alicyclic amines) is 1. The van der Waals surface area contributed by atoms with E-state index in [-0.39, 0.29) is 17.6 Å². The van der Waals surface area contributed by atoms with E-state index in [1.165, 1.54) is 6.07 Å². The van der Waals surface area contributed by atoms with Gasteiger partial charge in [0.05, 0.1) is 19.1 Å². The van der Waals surface area contributed by atoms with E-state index in [2.05, 4.69) is 15.5 Å². The summed E-state index contributed by atoms with van der Waals surface area (Å²) in [4.78, 5) is 13.6. The summed E-state index contributed by atoms with van der Waals surface area (Å²) < 4.78 is 74.2. The second-order valence-electron chi connectivity index (χ2n) is 9.41. The molecule has 2 aromatic heterocycles. The molecule has 4 heterocycles. The van der Waals surface area contributed by atoms with Gasteiger partial charge in [-0.2, -0.15) is 16.8 Å². The molecule has 16 heteroatoms. The molecule has 1 fully saturated rings. The summed E-state index contributed by atoms with van der Waals surface area (Å²) in [6.45, 7) is 3.92. The molecule has 1 saturated heterocycles. The van der Waals surface area contributed by atoms with Crippen molar-refractivity contribution in [3.63, 3.8) is 0 Å². The van der Waals surface area contributed by atoms with E-state index in [1.807, 2.05) is 21.4 Å². The fourth-order valence-electron chi connectivity index (χ4n) is 4.56. The van der Waals surface area contributed by atoms with Crippen molar-refractivity contribution in [1.82, 2.24) is 19.5 Å². The van der Waals surface area contributed by atoms with Crippen LogP contribution in [0.15, 0.2) is 30.6 Å². The number of carbonyl (C=O) groups is 1. The highest BCUT2D eigenvalue weighted by Gasteiger charge is 2.27. The van der Waals surface area contributed by atoms with E-state index >= 15 is 0 Å². The fourth-order valence-corrected chi connectivity index (χ4v) is 4.56. The van der Waals surface area contributed by atoms with Gasteiger partial charge in [-0.25, -0.2) is 4.39 Å². The molecule has 0 radical (unpaired) electrons. The fraction of sp³-hybridized carbons (Fsp3) is 0.458. The molecule has 0 spiro atoms. The lowest BCUT2D eigenvalue weighted by molar-refractivity contribution is -0.129. The first-order valence-electron chi connectivity index (χ1n) is 12.2. The van der Waals surface area contributed by atoms with E-state index in [0.717, 1.165) is 54.3 Å². The summed E-state index contributed by atoms with van der Waals surface area (Å²) in [6, 6.07) is 7.22. The Morgan fingerprint density at radius 2 is 1.75 bits per heavy atom. The Bertz CT molecular complexity index is 1520. The lowest BCUT2D eigenvalue weighted by atomic mass is 9.89. The predicted octanol–water partition coefficient (Wildman–Crippen LogP) is 2.15. The number of fused-ring (bicyclic) bond motifs is 4. The van der Waals surface area contributed by atoms with Crippen molar-refractivity contribution >= 4 is 37.6 Å². The number of benzene rings is 1. The minimum absolute atomic E-state index is 0.120. The Morgan fingerprint density at radius 1 is 1.12 bits per heavy atom. The maximum absolute atomic E-state index is 14.4. The number of carbonyl (C=O) groups excluding carboxylic acids is 1. The molecule has 1 aromatic carbocycles. The molecule has 13 nitrogen and oxygen atoms in total. The van der Waals surface area contributed by atoms with Crippen molar-refractivity contribution in [2.75, 3.05) is 37.5 Å². The van der Waals surface area contributed by atoms with Gasteiger partial charge >= 0.3 is 0 Å². The van der Waals surface area contributed by atoms with Crippen molar-refractivity contribution in [2.24, 2.45) is 0 Å². The molecule has 3 aromatic rings. The molecule has 1 amide bonds. The summed E-state index contributed by atoms with van der Waals surface area (Å²) >= 11 is 0. The highest BCUT2D eigenvalue weighted by Crippen LogP contribution is 2.37. The van der Waals surface area contributed by atoms with Gasteiger partial charge in [-0.05, 0) is 36.5 Å². The summed E-state index contributed by atoms with van der Waals surface area (Å²) in [6.07, 6.45) is 5.50. The van der Waals surface area contributed by atoms with E-state index in [1.54, 1.807) is 19.3 Å². The Kier molecular flexibility index (Phi) is 10.0. The third-order valence-corrected chi connectivity index (χ3v) is 6.22. The highest BCUT2D eigenvalue weighted by molar-refractivity contribution is 7.85. The number of ether oxygens (including phenoxy) is 1. The zero-order chi connectivity index (χ0) is 29.7. The zero-order valence-corrected chi connectivity index (χ0v) is 23.9. The molecule has 2 aliphatic heterocycles. The first-order valence-corrected chi connectivity index (χ1v) is 15.9. The van der Waals surface area contributed by atoms with Crippen LogP contribution in [0.1, 0.15) is 42.4 Å². The Hall–Kier alpha value is -3.34. The number of nitrogens with one attached hydrogen (secondary N) is 1. The molecule has 5 rings (SSSR count). The van der Waals surface area contributed by atoms with Crippen LogP contribution in [0.4, 0.5) is 10.2 Å². The lowest BCUT2D eigenvalue weighted by Gasteiger charge is -2.31. The van der Waals surface area contributed by atoms with E-state index in [4.69, 9.17) is 13.8 Å². The van der Waals surface area contributed by atoms with Gasteiger partial charge in [-0.15, -0.1) is 10.2 Å². The van der Waals surface area contributed by atoms with Crippen LogP contribution >= 0.6 is 0 Å². The molecule has 220 valence electrons. The molecule has 0 unspecified atom stereocenters. The molecule has 0 saturated carbocycles. The van der Waals surface area contributed by atoms with Gasteiger partial charge in [0.25, 0.3) is 20.2 Å². The Balaban J connectivity index is 0.000000381. The van der Waals surface area contributed by atoms with Crippen molar-refractivity contribution in [1.29, 1.82) is 0 Å². The number of anilines is 1. The van der Waals surface area contributed by atoms with Crippen molar-refractivity contribution in [2.45, 2.75) is 38.6 Å². The smallest absolute Gasteiger partial charge is 0.261 e. The van der Waals surface area contributed by atoms with Crippen LogP contribution in [-0.2, 0) is 38.0 Å². The van der Waals surface area contributed by atoms with Crippen LogP contribution in [0, 0.1) is 5.82 Å². The summed E-state index contributed by atoms with van der Waals surface area (Å²) in [5.74, 6) is 1.64. The maximum atomic E-state index is 14.4. The number of rotatable bonds is 1. The largest absolute Gasteiger partial charge is 0.489 e. The van der Waals surface area contributed by atoms with Gasteiger partial charge in [0.1, 0.15) is 12.1 Å². The minimum Gasteiger partial charge on any atom is -0.489 e. The average molecular weight is 602 g/mol. The lowest BCUT2D eigenvalue weighted by Crippen LogP contribution is -2.36. The SMILES string of the molecule is CC(=O)N1CCC(c2cc3c(n4cnnc24)NCc2c(F)cccc2CCO3)CC1.CS(=O)(=O)O.CS(=O)(=O)O. The highest BCUT2D eigenvalue weighted by atomic mass is 32.2. The van der Waals surface area contributed by atoms with Gasteiger partial charge in [0.2, 0.25) is 5.91 Å². The quantitative estimate of drug-likeness (QED) is 0.348. The van der Waals surface area contributed by atoms with E-state index in [0.29, 0.717) is 37.6 Å². The predicted molar refractivity (Wildman–Crippen MR) is 145 cm³/mol. The third-order valence-electron chi connectivity index (χ3n) is 6.22. The first-order chi connectivity index (χ1) is 18.6. The van der Waals surface area contributed by atoms with Gasteiger partial charge in [0, 0.05) is 44.1 Å². The third kappa shape index (κ3) is 9.11. The van der Waals surface area contributed by atoms with Crippen LogP contribution in [0.5, 0.6) is 5.75 Å². The van der Waals surface area contributed by atoms with Gasteiger partial charge in [-0.3, -0.25) is 18.3 Å². The van der Waals surface area contributed by atoms with Crippen LogP contribution in [0.25, 0.3) is 5.65 Å². The number of aromatic nitrogens is 3. The van der Waals surface area contributed by atoms with Gasteiger partial charge < -0.3 is 15.0 Å². The summed E-state index contributed by atoms with van der Waals surface area (Å²) in [5, 5.41) is 11.8. The van der Waals surface area contributed by atoms with Crippen LogP contribution < -0.4 is 10.1 Å². The number of pyridine rings is 1. The van der Waals surface area contributed by atoms with Crippen LogP contribution in [0.3, 0.4) is 0 Å². The van der Waals surface area contributed by atoms with Crippen LogP contribution in [-0.4, -0.2) is 83.6 Å². The molecular weight excluding hydrogens is 569 g/mol. The normalized spacial score (nSPS) is 15.8. The molecule has 3 N–H and O–H groups in total. The van der Waals surface area contributed by atoms with Crippen molar-refractivity contribution in [3.05, 3.63) is 53.1 Å². The standard InChI is InChI=1S/C22H24FN5O2.2CH4O3S/c1-14(29)27-8-5-16(6-9-27)17-11-20-22(28-13-25-26-21(17)28)24-12-18-15(7-10-30-20)3-2-4-19(18)23;2*1-5(2,3)4/h2-4,11,13,16,24H,5-10,12H2,1H3;2*1H3,(H,2,3,4). The Morgan fingerprint density at radius 3 is 2.35 bits per heavy atom. The molecular formula is C24H32FN5O8S2.